The highest BCUT2D eigenvalue weighted by atomic mass is 16.6. The van der Waals surface area contributed by atoms with Gasteiger partial charge in [-0.1, -0.05) is 12.1 Å². The fourth-order valence-corrected chi connectivity index (χ4v) is 3.50. The number of nitrogens with zero attached hydrogens (tertiary/aromatic N) is 3. The summed E-state index contributed by atoms with van der Waals surface area (Å²) in [7, 11) is 0. The molecule has 0 saturated carbocycles. The lowest BCUT2D eigenvalue weighted by molar-refractivity contribution is -0.143. The van der Waals surface area contributed by atoms with E-state index < -0.39 is 6.10 Å². The third-order valence-corrected chi connectivity index (χ3v) is 5.13. The third kappa shape index (κ3) is 4.53. The number of benzene rings is 2. The van der Waals surface area contributed by atoms with Crippen molar-refractivity contribution in [1.29, 1.82) is 5.26 Å². The van der Waals surface area contributed by atoms with Gasteiger partial charge in [-0.25, -0.2) is 0 Å². The number of carbonyl (C=O) groups is 2. The molecule has 154 valence electrons. The predicted octanol–water partition coefficient (Wildman–Crippen LogP) is 1.48. The van der Waals surface area contributed by atoms with Gasteiger partial charge in [0.05, 0.1) is 18.2 Å². The lowest BCUT2D eigenvalue weighted by Crippen LogP contribution is -2.54. The van der Waals surface area contributed by atoms with Crippen molar-refractivity contribution in [3.05, 3.63) is 54.1 Å². The molecule has 0 unspecified atom stereocenters. The Morgan fingerprint density at radius 1 is 1.03 bits per heavy atom. The van der Waals surface area contributed by atoms with Gasteiger partial charge in [-0.3, -0.25) is 14.5 Å². The number of ether oxygens (including phenoxy) is 2. The number of carbonyl (C=O) groups excluding carboxylic acids is 2. The Bertz CT molecular complexity index is 962. The molecule has 0 bridgehead atoms. The summed E-state index contributed by atoms with van der Waals surface area (Å²) in [6.07, 6.45) is -0.647. The Morgan fingerprint density at radius 2 is 1.73 bits per heavy atom. The van der Waals surface area contributed by atoms with Crippen molar-refractivity contribution in [2.45, 2.75) is 6.10 Å². The van der Waals surface area contributed by atoms with Crippen LogP contribution < -0.4 is 14.8 Å². The van der Waals surface area contributed by atoms with E-state index in [2.05, 4.69) is 5.32 Å². The monoisotopic (exact) mass is 406 g/mol. The molecule has 2 aromatic carbocycles. The summed E-state index contributed by atoms with van der Waals surface area (Å²) in [5, 5.41) is 11.7. The first kappa shape index (κ1) is 19.7. The van der Waals surface area contributed by atoms with Crippen molar-refractivity contribution in [2.24, 2.45) is 0 Å². The molecule has 8 heteroatoms. The number of nitrogens with one attached hydrogen (secondary N) is 1. The molecule has 30 heavy (non-hydrogen) atoms. The molecule has 2 heterocycles. The molecule has 2 aromatic rings. The quantitative estimate of drug-likeness (QED) is 0.827. The number of nitriles is 1. The molecule has 0 aliphatic carbocycles. The van der Waals surface area contributed by atoms with Crippen LogP contribution in [0, 0.1) is 11.3 Å². The number of hydrogen-bond acceptors (Lipinski definition) is 6. The van der Waals surface area contributed by atoms with E-state index in [0.29, 0.717) is 48.9 Å². The second-order valence-electron chi connectivity index (χ2n) is 7.20. The van der Waals surface area contributed by atoms with E-state index in [1.807, 2.05) is 29.2 Å². The van der Waals surface area contributed by atoms with Crippen LogP contribution in [0.15, 0.2) is 48.5 Å². The molecule has 2 aliphatic heterocycles. The zero-order valence-electron chi connectivity index (χ0n) is 16.4. The lowest BCUT2D eigenvalue weighted by Gasteiger charge is -2.36. The second-order valence-corrected chi connectivity index (χ2v) is 7.20. The third-order valence-electron chi connectivity index (χ3n) is 5.13. The van der Waals surface area contributed by atoms with Gasteiger partial charge in [0.1, 0.15) is 6.61 Å². The fourth-order valence-electron chi connectivity index (χ4n) is 3.50. The smallest absolute Gasteiger partial charge is 0.267 e. The van der Waals surface area contributed by atoms with E-state index in [4.69, 9.17) is 14.7 Å². The van der Waals surface area contributed by atoms with Crippen LogP contribution in [0.3, 0.4) is 0 Å². The van der Waals surface area contributed by atoms with Gasteiger partial charge in [-0.15, -0.1) is 0 Å². The van der Waals surface area contributed by atoms with E-state index in [1.54, 1.807) is 35.2 Å². The van der Waals surface area contributed by atoms with E-state index in [1.165, 1.54) is 0 Å². The molecule has 0 aromatic heterocycles. The molecule has 4 rings (SSSR count). The van der Waals surface area contributed by atoms with E-state index in [-0.39, 0.29) is 25.0 Å². The minimum absolute atomic E-state index is 0.0915. The van der Waals surface area contributed by atoms with Gasteiger partial charge in [0.2, 0.25) is 12.0 Å². The Balaban J connectivity index is 1.24. The predicted molar refractivity (Wildman–Crippen MR) is 109 cm³/mol. The van der Waals surface area contributed by atoms with Crippen molar-refractivity contribution in [3.8, 4) is 17.6 Å². The van der Waals surface area contributed by atoms with Gasteiger partial charge in [0.25, 0.3) is 5.91 Å². The highest BCUT2D eigenvalue weighted by Crippen LogP contribution is 2.31. The average molecular weight is 406 g/mol. The summed E-state index contributed by atoms with van der Waals surface area (Å²) in [6, 6.07) is 16.1. The van der Waals surface area contributed by atoms with Crippen LogP contribution in [0.2, 0.25) is 0 Å². The van der Waals surface area contributed by atoms with Crippen LogP contribution in [0.25, 0.3) is 0 Å². The molecule has 1 N–H and O–H groups in total. The summed E-state index contributed by atoms with van der Waals surface area (Å²) >= 11 is 0. The molecule has 0 spiro atoms. The van der Waals surface area contributed by atoms with E-state index in [0.717, 1.165) is 0 Å². The minimum Gasteiger partial charge on any atom is -0.485 e. The number of amides is 2. The summed E-state index contributed by atoms with van der Waals surface area (Å²) < 4.78 is 11.4. The summed E-state index contributed by atoms with van der Waals surface area (Å²) in [5.74, 6) is 1.02. The van der Waals surface area contributed by atoms with Crippen LogP contribution in [0.4, 0.5) is 5.69 Å². The van der Waals surface area contributed by atoms with Crippen LogP contribution in [0.5, 0.6) is 11.5 Å². The van der Waals surface area contributed by atoms with Gasteiger partial charge in [-0.2, -0.15) is 5.26 Å². The number of fused-ring (bicyclic) bond motifs is 1. The highest BCUT2D eigenvalue weighted by molar-refractivity contribution is 5.92. The van der Waals surface area contributed by atoms with E-state index in [9.17, 15) is 9.59 Å². The number of piperazine rings is 1. The maximum absolute atomic E-state index is 12.8. The molecule has 8 nitrogen and oxygen atoms in total. The summed E-state index contributed by atoms with van der Waals surface area (Å²) in [4.78, 5) is 28.8. The van der Waals surface area contributed by atoms with Gasteiger partial charge in [0, 0.05) is 31.9 Å². The standard InChI is InChI=1S/C22H22N4O4/c23-13-16-5-7-17(8-6-16)24-21(27)14-25-9-11-26(12-10-25)22(28)20-15-29-18-3-1-2-4-19(18)30-20/h1-8,20H,9-12,14-15H2,(H,24,27)/t20-/m1/s1. The SMILES string of the molecule is N#Cc1ccc(NC(=O)CN2CCN(C(=O)[C@H]3COc4ccccc4O3)CC2)cc1. The first-order valence-electron chi connectivity index (χ1n) is 9.82. The largest absolute Gasteiger partial charge is 0.485 e. The first-order valence-corrected chi connectivity index (χ1v) is 9.82. The highest BCUT2D eigenvalue weighted by Gasteiger charge is 2.32. The minimum atomic E-state index is -0.647. The van der Waals surface area contributed by atoms with Crippen LogP contribution in [0.1, 0.15) is 5.56 Å². The first-order chi connectivity index (χ1) is 14.6. The van der Waals surface area contributed by atoms with Crippen LogP contribution in [-0.4, -0.2) is 67.0 Å². The molecule has 2 amide bonds. The van der Waals surface area contributed by atoms with Crippen LogP contribution in [-0.2, 0) is 9.59 Å². The number of para-hydroxylation sites is 2. The molecule has 1 saturated heterocycles. The topological polar surface area (TPSA) is 94.9 Å². The fraction of sp³-hybridized carbons (Fsp3) is 0.318. The summed E-state index contributed by atoms with van der Waals surface area (Å²) in [5.41, 5.74) is 1.20. The van der Waals surface area contributed by atoms with Gasteiger partial charge in [-0.05, 0) is 36.4 Å². The average Bonchev–Trinajstić information content (AvgIpc) is 2.79. The Kier molecular flexibility index (Phi) is 5.82. The zero-order chi connectivity index (χ0) is 20.9. The molecule has 1 fully saturated rings. The lowest BCUT2D eigenvalue weighted by atomic mass is 10.2. The second kappa shape index (κ2) is 8.84. The van der Waals surface area contributed by atoms with Crippen molar-refractivity contribution in [3.63, 3.8) is 0 Å². The number of rotatable bonds is 4. The molecule has 1 atom stereocenters. The molecule has 2 aliphatic rings. The van der Waals surface area contributed by atoms with Crippen molar-refractivity contribution in [1.82, 2.24) is 9.80 Å². The number of hydrogen-bond donors (Lipinski definition) is 1. The Hall–Kier alpha value is -3.57. The maximum atomic E-state index is 12.8. The van der Waals surface area contributed by atoms with E-state index >= 15 is 0 Å². The molecule has 0 radical (unpaired) electrons. The van der Waals surface area contributed by atoms with Crippen molar-refractivity contribution >= 4 is 17.5 Å². The Labute approximate surface area is 174 Å². The van der Waals surface area contributed by atoms with Gasteiger partial charge >= 0.3 is 0 Å². The van der Waals surface area contributed by atoms with Crippen LogP contribution >= 0.6 is 0 Å². The zero-order valence-corrected chi connectivity index (χ0v) is 16.4. The molecular weight excluding hydrogens is 384 g/mol. The molecular formula is C22H22N4O4. The van der Waals surface area contributed by atoms with Gasteiger partial charge < -0.3 is 19.7 Å². The normalized spacial score (nSPS) is 18.4. The van der Waals surface area contributed by atoms with Gasteiger partial charge in [0.15, 0.2) is 11.5 Å². The maximum Gasteiger partial charge on any atom is 0.267 e. The summed E-state index contributed by atoms with van der Waals surface area (Å²) in [6.45, 7) is 2.73. The number of anilines is 1. The van der Waals surface area contributed by atoms with Crippen molar-refractivity contribution < 1.29 is 19.1 Å². The Morgan fingerprint density at radius 3 is 2.43 bits per heavy atom. The van der Waals surface area contributed by atoms with Crippen molar-refractivity contribution in [2.75, 3.05) is 44.6 Å².